The molecule has 0 aliphatic carbocycles. The molecule has 0 saturated carbocycles. The Morgan fingerprint density at radius 3 is 2.77 bits per heavy atom. The van der Waals surface area contributed by atoms with Crippen molar-refractivity contribution in [2.45, 2.75) is 19.9 Å². The highest BCUT2D eigenvalue weighted by Gasteiger charge is 1.91. The fourth-order valence-electron chi connectivity index (χ4n) is 1.06. The minimum atomic E-state index is 0. The van der Waals surface area contributed by atoms with Crippen LogP contribution in [0.25, 0.3) is 0 Å². The van der Waals surface area contributed by atoms with E-state index >= 15 is 0 Å². The molecule has 1 N–H and O–H groups in total. The van der Waals surface area contributed by atoms with Gasteiger partial charge in [-0.05, 0) is 30.7 Å². The van der Waals surface area contributed by atoms with E-state index in [9.17, 15) is 0 Å². The van der Waals surface area contributed by atoms with E-state index in [0.717, 1.165) is 17.6 Å². The maximum atomic E-state index is 3.44. The van der Waals surface area contributed by atoms with Crippen LogP contribution < -0.4 is 17.7 Å². The van der Waals surface area contributed by atoms with E-state index < -0.39 is 0 Å². The zero-order valence-corrected chi connectivity index (χ0v) is 10.0. The summed E-state index contributed by atoms with van der Waals surface area (Å²) in [6, 6.07) is 8.38. The van der Waals surface area contributed by atoms with Gasteiger partial charge in [-0.1, -0.05) is 35.0 Å². The van der Waals surface area contributed by atoms with Gasteiger partial charge in [-0.3, -0.25) is 0 Å². The van der Waals surface area contributed by atoms with Gasteiger partial charge in [0.05, 0.1) is 0 Å². The molecule has 0 heterocycles. The first-order valence-corrected chi connectivity index (χ1v) is 5.07. The predicted molar refractivity (Wildman–Crippen MR) is 56.1 cm³/mol. The Hall–Kier alpha value is -0.0500. The van der Waals surface area contributed by atoms with Crippen molar-refractivity contribution < 1.29 is 12.4 Å². The molecule has 0 fully saturated rings. The summed E-state index contributed by atoms with van der Waals surface area (Å²) >= 11 is 3.44. The third-order valence-electron chi connectivity index (χ3n) is 1.64. The van der Waals surface area contributed by atoms with Crippen LogP contribution in [-0.2, 0) is 6.54 Å². The molecule has 74 valence electrons. The molecule has 0 amide bonds. The van der Waals surface area contributed by atoms with Crippen LogP contribution in [0.4, 0.5) is 0 Å². The number of rotatable bonds is 4. The van der Waals surface area contributed by atoms with Crippen molar-refractivity contribution >= 4 is 15.9 Å². The second kappa shape index (κ2) is 7.36. The molecule has 1 rings (SSSR count). The number of hydrogen-bond acceptors (Lipinski definition) is 1. The van der Waals surface area contributed by atoms with Crippen LogP contribution in [0.2, 0.25) is 0 Å². The van der Waals surface area contributed by atoms with Gasteiger partial charge >= 0.3 is 0 Å². The van der Waals surface area contributed by atoms with Crippen molar-refractivity contribution in [1.29, 1.82) is 0 Å². The van der Waals surface area contributed by atoms with E-state index in [1.165, 1.54) is 12.0 Å². The maximum absolute atomic E-state index is 3.44. The van der Waals surface area contributed by atoms with Crippen molar-refractivity contribution in [2.24, 2.45) is 0 Å². The monoisotopic (exact) mass is 262 g/mol. The van der Waals surface area contributed by atoms with Crippen molar-refractivity contribution in [3.8, 4) is 0 Å². The molecule has 1 aromatic carbocycles. The lowest BCUT2D eigenvalue weighted by Crippen LogP contribution is -3.00. The van der Waals surface area contributed by atoms with Crippen LogP contribution in [0.15, 0.2) is 28.7 Å². The lowest BCUT2D eigenvalue weighted by molar-refractivity contribution is -0.00000245. The molecule has 1 nitrogen and oxygen atoms in total. The first-order valence-electron chi connectivity index (χ1n) is 4.28. The molecule has 0 unspecified atom stereocenters. The van der Waals surface area contributed by atoms with E-state index in [2.05, 4.69) is 46.4 Å². The fourth-order valence-corrected chi connectivity index (χ4v) is 1.50. The Bertz CT molecular complexity index is 240. The van der Waals surface area contributed by atoms with E-state index in [1.54, 1.807) is 0 Å². The van der Waals surface area contributed by atoms with Gasteiger partial charge in [0.2, 0.25) is 0 Å². The normalized spacial score (nSPS) is 9.38. The summed E-state index contributed by atoms with van der Waals surface area (Å²) < 4.78 is 1.15. The quantitative estimate of drug-likeness (QED) is 0.752. The van der Waals surface area contributed by atoms with Crippen molar-refractivity contribution in [1.82, 2.24) is 5.32 Å². The van der Waals surface area contributed by atoms with E-state index in [-0.39, 0.29) is 12.4 Å². The van der Waals surface area contributed by atoms with Crippen molar-refractivity contribution in [2.75, 3.05) is 6.54 Å². The van der Waals surface area contributed by atoms with Gasteiger partial charge in [0.25, 0.3) is 0 Å². The Morgan fingerprint density at radius 1 is 1.38 bits per heavy atom. The molecule has 1 aromatic rings. The minimum Gasteiger partial charge on any atom is -1.00 e. The van der Waals surface area contributed by atoms with Crippen LogP contribution in [0, 0.1) is 0 Å². The van der Waals surface area contributed by atoms with Gasteiger partial charge in [-0.15, -0.1) is 0 Å². The van der Waals surface area contributed by atoms with Gasteiger partial charge in [0.1, 0.15) is 0 Å². The molecular weight excluding hydrogens is 249 g/mol. The topological polar surface area (TPSA) is 12.0 Å². The average Bonchev–Trinajstić information content (AvgIpc) is 2.05. The Morgan fingerprint density at radius 2 is 2.15 bits per heavy atom. The smallest absolute Gasteiger partial charge is 0.0205 e. The number of halogens is 2. The van der Waals surface area contributed by atoms with Crippen molar-refractivity contribution in [3.05, 3.63) is 34.3 Å². The molecule has 0 saturated heterocycles. The first kappa shape index (κ1) is 12.9. The number of hydrogen-bond donors (Lipinski definition) is 1. The van der Waals surface area contributed by atoms with Crippen LogP contribution >= 0.6 is 15.9 Å². The molecular formula is C10H14BrClN-. The average molecular weight is 264 g/mol. The third-order valence-corrected chi connectivity index (χ3v) is 2.14. The molecule has 0 radical (unpaired) electrons. The lowest BCUT2D eigenvalue weighted by atomic mass is 10.2. The standard InChI is InChI=1S/C10H14BrN.ClH/c1-2-6-12-8-9-4-3-5-10(11)7-9;/h3-5,7,12H,2,6,8H2,1H3;1H/p-1. The van der Waals surface area contributed by atoms with Crippen LogP contribution in [0.1, 0.15) is 18.9 Å². The Balaban J connectivity index is 0.00000144. The Labute approximate surface area is 94.5 Å². The molecule has 13 heavy (non-hydrogen) atoms. The van der Waals surface area contributed by atoms with Crippen molar-refractivity contribution in [3.63, 3.8) is 0 Å². The summed E-state index contributed by atoms with van der Waals surface area (Å²) in [6.07, 6.45) is 1.19. The van der Waals surface area contributed by atoms with Crippen LogP contribution in [0.5, 0.6) is 0 Å². The zero-order chi connectivity index (χ0) is 8.81. The number of nitrogens with one attached hydrogen (secondary N) is 1. The maximum Gasteiger partial charge on any atom is 0.0205 e. The van der Waals surface area contributed by atoms with E-state index in [4.69, 9.17) is 0 Å². The summed E-state index contributed by atoms with van der Waals surface area (Å²) in [5.74, 6) is 0. The molecule has 0 aliphatic heterocycles. The predicted octanol–water partition coefficient (Wildman–Crippen LogP) is -0.0473. The highest BCUT2D eigenvalue weighted by atomic mass is 79.9. The van der Waals surface area contributed by atoms with Crippen LogP contribution in [-0.4, -0.2) is 6.54 Å². The summed E-state index contributed by atoms with van der Waals surface area (Å²) in [5, 5.41) is 3.36. The first-order chi connectivity index (χ1) is 5.83. The summed E-state index contributed by atoms with van der Waals surface area (Å²) in [4.78, 5) is 0. The summed E-state index contributed by atoms with van der Waals surface area (Å²) in [6.45, 7) is 4.23. The highest BCUT2D eigenvalue weighted by molar-refractivity contribution is 9.10. The van der Waals surface area contributed by atoms with Gasteiger partial charge in [0.15, 0.2) is 0 Å². The molecule has 3 heteroatoms. The number of benzene rings is 1. The minimum absolute atomic E-state index is 0. The second-order valence-electron chi connectivity index (χ2n) is 2.81. The highest BCUT2D eigenvalue weighted by Crippen LogP contribution is 2.11. The molecule has 0 bridgehead atoms. The van der Waals surface area contributed by atoms with Gasteiger partial charge < -0.3 is 17.7 Å². The second-order valence-corrected chi connectivity index (χ2v) is 3.72. The van der Waals surface area contributed by atoms with Gasteiger partial charge in [0, 0.05) is 11.0 Å². The van der Waals surface area contributed by atoms with Gasteiger partial charge in [-0.25, -0.2) is 0 Å². The third kappa shape index (κ3) is 5.29. The summed E-state index contributed by atoms with van der Waals surface area (Å²) in [5.41, 5.74) is 1.33. The van der Waals surface area contributed by atoms with Crippen LogP contribution in [0.3, 0.4) is 0 Å². The fraction of sp³-hybridized carbons (Fsp3) is 0.400. The van der Waals surface area contributed by atoms with E-state index in [0.29, 0.717) is 0 Å². The zero-order valence-electron chi connectivity index (χ0n) is 7.69. The lowest BCUT2D eigenvalue weighted by Gasteiger charge is -2.02. The Kier molecular flexibility index (Phi) is 7.33. The summed E-state index contributed by atoms with van der Waals surface area (Å²) in [7, 11) is 0. The molecule has 0 aromatic heterocycles. The molecule has 0 atom stereocenters. The molecule has 0 aliphatic rings. The van der Waals surface area contributed by atoms with E-state index in [1.807, 2.05) is 6.07 Å². The SMILES string of the molecule is CCCNCc1cccc(Br)c1.[Cl-]. The van der Waals surface area contributed by atoms with Gasteiger partial charge in [-0.2, -0.15) is 0 Å². The molecule has 0 spiro atoms. The largest absolute Gasteiger partial charge is 1.00 e.